The summed E-state index contributed by atoms with van der Waals surface area (Å²) in [5.41, 5.74) is 1.07. The fourth-order valence-electron chi connectivity index (χ4n) is 1.40. The molecular weight excluding hydrogens is 226 g/mol. The van der Waals surface area contributed by atoms with Gasteiger partial charge in [-0.25, -0.2) is 0 Å². The first kappa shape index (κ1) is 13.3. The largest absolute Gasteiger partial charge is 0.492 e. The molecule has 0 saturated heterocycles. The molecule has 0 radical (unpaired) electrons. The summed E-state index contributed by atoms with van der Waals surface area (Å²) in [6, 6.07) is 5.78. The van der Waals surface area contributed by atoms with E-state index >= 15 is 0 Å². The predicted molar refractivity (Wildman–Crippen MR) is 66.2 cm³/mol. The third-order valence-corrected chi connectivity index (χ3v) is 2.43. The standard InChI is InChI=1S/C12H18ClNO2/c1-3-16-12-10(5-4-6-11(12)13)9-14-7-8-15-2/h4-6,14H,3,7-9H2,1-2H3. The SMILES string of the molecule is CCOc1c(Cl)cccc1CNCCOC. The zero-order valence-corrected chi connectivity index (χ0v) is 10.5. The molecule has 4 heteroatoms. The van der Waals surface area contributed by atoms with Gasteiger partial charge in [0.25, 0.3) is 0 Å². The summed E-state index contributed by atoms with van der Waals surface area (Å²) in [6.45, 7) is 4.82. The maximum atomic E-state index is 6.07. The molecule has 90 valence electrons. The number of para-hydroxylation sites is 1. The molecule has 1 N–H and O–H groups in total. The third kappa shape index (κ3) is 4.00. The Hall–Kier alpha value is -0.770. The Bertz CT molecular complexity index is 318. The van der Waals surface area contributed by atoms with Gasteiger partial charge in [-0.15, -0.1) is 0 Å². The Morgan fingerprint density at radius 2 is 2.19 bits per heavy atom. The van der Waals surface area contributed by atoms with E-state index in [9.17, 15) is 0 Å². The molecule has 0 amide bonds. The van der Waals surface area contributed by atoms with Crippen LogP contribution in [0.3, 0.4) is 0 Å². The van der Waals surface area contributed by atoms with Crippen LogP contribution in [-0.2, 0) is 11.3 Å². The minimum atomic E-state index is 0.620. The van der Waals surface area contributed by atoms with Crippen LogP contribution < -0.4 is 10.1 Å². The Morgan fingerprint density at radius 1 is 1.38 bits per heavy atom. The molecule has 0 atom stereocenters. The zero-order valence-electron chi connectivity index (χ0n) is 9.75. The van der Waals surface area contributed by atoms with Crippen molar-refractivity contribution in [1.82, 2.24) is 5.32 Å². The van der Waals surface area contributed by atoms with Crippen molar-refractivity contribution in [2.75, 3.05) is 26.9 Å². The summed E-state index contributed by atoms with van der Waals surface area (Å²) in [5.74, 6) is 0.775. The molecule has 0 unspecified atom stereocenters. The Labute approximate surface area is 102 Å². The average molecular weight is 244 g/mol. The van der Waals surface area contributed by atoms with Crippen LogP contribution in [-0.4, -0.2) is 26.9 Å². The van der Waals surface area contributed by atoms with E-state index in [1.54, 1.807) is 7.11 Å². The van der Waals surface area contributed by atoms with Crippen molar-refractivity contribution >= 4 is 11.6 Å². The highest BCUT2D eigenvalue weighted by molar-refractivity contribution is 6.32. The van der Waals surface area contributed by atoms with Gasteiger partial charge in [0.2, 0.25) is 0 Å². The van der Waals surface area contributed by atoms with Crippen molar-refractivity contribution in [3.8, 4) is 5.75 Å². The first-order valence-corrected chi connectivity index (χ1v) is 5.77. The summed E-state index contributed by atoms with van der Waals surface area (Å²) in [7, 11) is 1.69. The average Bonchev–Trinajstić information content (AvgIpc) is 2.29. The monoisotopic (exact) mass is 243 g/mol. The van der Waals surface area contributed by atoms with Gasteiger partial charge in [-0.2, -0.15) is 0 Å². The lowest BCUT2D eigenvalue weighted by Crippen LogP contribution is -2.19. The molecule has 1 rings (SSSR count). The molecule has 0 aliphatic carbocycles. The van der Waals surface area contributed by atoms with Crippen LogP contribution in [0, 0.1) is 0 Å². The van der Waals surface area contributed by atoms with Crippen molar-refractivity contribution in [1.29, 1.82) is 0 Å². The Kier molecular flexibility index (Phi) is 6.23. The number of halogens is 1. The molecular formula is C12H18ClNO2. The molecule has 0 aromatic heterocycles. The molecule has 0 spiro atoms. The number of methoxy groups -OCH3 is 1. The lowest BCUT2D eigenvalue weighted by Gasteiger charge is -2.12. The maximum Gasteiger partial charge on any atom is 0.142 e. The van der Waals surface area contributed by atoms with Crippen molar-refractivity contribution in [2.24, 2.45) is 0 Å². The van der Waals surface area contributed by atoms with E-state index in [1.165, 1.54) is 0 Å². The predicted octanol–water partition coefficient (Wildman–Crippen LogP) is 2.47. The lowest BCUT2D eigenvalue weighted by molar-refractivity contribution is 0.199. The van der Waals surface area contributed by atoms with Crippen LogP contribution in [0.4, 0.5) is 0 Å². The number of ether oxygens (including phenoxy) is 2. The summed E-state index contributed by atoms with van der Waals surface area (Å²) < 4.78 is 10.5. The van der Waals surface area contributed by atoms with Gasteiger partial charge in [0.05, 0.1) is 18.2 Å². The lowest BCUT2D eigenvalue weighted by atomic mass is 10.2. The number of hydrogen-bond donors (Lipinski definition) is 1. The summed E-state index contributed by atoms with van der Waals surface area (Å²) >= 11 is 6.07. The highest BCUT2D eigenvalue weighted by atomic mass is 35.5. The molecule has 0 aliphatic heterocycles. The molecule has 1 aromatic carbocycles. The highest BCUT2D eigenvalue weighted by Gasteiger charge is 2.06. The minimum Gasteiger partial charge on any atom is -0.492 e. The Morgan fingerprint density at radius 3 is 2.88 bits per heavy atom. The summed E-state index contributed by atoms with van der Waals surface area (Å²) in [4.78, 5) is 0. The second-order valence-electron chi connectivity index (χ2n) is 3.33. The summed E-state index contributed by atoms with van der Waals surface area (Å²) in [6.07, 6.45) is 0. The number of nitrogens with one attached hydrogen (secondary N) is 1. The van der Waals surface area contributed by atoms with Crippen LogP contribution in [0.1, 0.15) is 12.5 Å². The smallest absolute Gasteiger partial charge is 0.142 e. The van der Waals surface area contributed by atoms with Gasteiger partial charge in [-0.05, 0) is 13.0 Å². The molecule has 0 aliphatic rings. The van der Waals surface area contributed by atoms with E-state index < -0.39 is 0 Å². The van der Waals surface area contributed by atoms with Gasteiger partial charge in [0.15, 0.2) is 0 Å². The molecule has 0 saturated carbocycles. The highest BCUT2D eigenvalue weighted by Crippen LogP contribution is 2.28. The van der Waals surface area contributed by atoms with E-state index in [0.717, 1.165) is 24.4 Å². The quantitative estimate of drug-likeness (QED) is 0.747. The summed E-state index contributed by atoms with van der Waals surface area (Å²) in [5, 5.41) is 3.93. The molecule has 16 heavy (non-hydrogen) atoms. The van der Waals surface area contributed by atoms with Crippen LogP contribution in [0.25, 0.3) is 0 Å². The van der Waals surface area contributed by atoms with Gasteiger partial charge in [0.1, 0.15) is 5.75 Å². The number of hydrogen-bond acceptors (Lipinski definition) is 3. The van der Waals surface area contributed by atoms with Gasteiger partial charge in [-0.3, -0.25) is 0 Å². The zero-order chi connectivity index (χ0) is 11.8. The van der Waals surface area contributed by atoms with Gasteiger partial charge < -0.3 is 14.8 Å². The molecule has 3 nitrogen and oxygen atoms in total. The van der Waals surface area contributed by atoms with Crippen molar-refractivity contribution in [3.05, 3.63) is 28.8 Å². The molecule has 0 heterocycles. The van der Waals surface area contributed by atoms with Crippen molar-refractivity contribution in [2.45, 2.75) is 13.5 Å². The Balaban J connectivity index is 2.59. The molecule has 0 bridgehead atoms. The van der Waals surface area contributed by atoms with E-state index in [-0.39, 0.29) is 0 Å². The number of benzene rings is 1. The van der Waals surface area contributed by atoms with E-state index in [2.05, 4.69) is 5.32 Å². The molecule has 0 fully saturated rings. The second kappa shape index (κ2) is 7.49. The number of rotatable bonds is 7. The van der Waals surface area contributed by atoms with Gasteiger partial charge >= 0.3 is 0 Å². The maximum absolute atomic E-state index is 6.07. The first-order chi connectivity index (χ1) is 7.79. The van der Waals surface area contributed by atoms with Crippen LogP contribution >= 0.6 is 11.6 Å². The normalized spacial score (nSPS) is 10.4. The minimum absolute atomic E-state index is 0.620. The van der Waals surface area contributed by atoms with Crippen LogP contribution in [0.5, 0.6) is 5.75 Å². The molecule has 1 aromatic rings. The van der Waals surface area contributed by atoms with E-state index in [0.29, 0.717) is 18.2 Å². The van der Waals surface area contributed by atoms with Crippen LogP contribution in [0.2, 0.25) is 5.02 Å². The fraction of sp³-hybridized carbons (Fsp3) is 0.500. The van der Waals surface area contributed by atoms with Crippen LogP contribution in [0.15, 0.2) is 18.2 Å². The van der Waals surface area contributed by atoms with Gasteiger partial charge in [0, 0.05) is 25.8 Å². The second-order valence-corrected chi connectivity index (χ2v) is 3.74. The van der Waals surface area contributed by atoms with Gasteiger partial charge in [-0.1, -0.05) is 23.7 Å². The third-order valence-electron chi connectivity index (χ3n) is 2.14. The topological polar surface area (TPSA) is 30.5 Å². The van der Waals surface area contributed by atoms with Crippen molar-refractivity contribution < 1.29 is 9.47 Å². The van der Waals surface area contributed by atoms with E-state index in [1.807, 2.05) is 25.1 Å². The van der Waals surface area contributed by atoms with E-state index in [4.69, 9.17) is 21.1 Å². The van der Waals surface area contributed by atoms with Crippen molar-refractivity contribution in [3.63, 3.8) is 0 Å². The fourth-order valence-corrected chi connectivity index (χ4v) is 1.64. The first-order valence-electron chi connectivity index (χ1n) is 5.39.